The van der Waals surface area contributed by atoms with E-state index in [2.05, 4.69) is 0 Å². The van der Waals surface area contributed by atoms with E-state index < -0.39 is 69.5 Å². The molecule has 0 aliphatic heterocycles. The molecule has 0 N–H and O–H groups in total. The van der Waals surface area contributed by atoms with Gasteiger partial charge >= 0.3 is 0 Å². The van der Waals surface area contributed by atoms with Gasteiger partial charge in [0, 0.05) is 16.7 Å². The number of hydrogen-bond donors (Lipinski definition) is 0. The number of halogens is 8. The SMILES string of the molecule is CC1=C(F)C(c2c(F)c(C)c(F)c(F)c2F)C(F)C(F)=C1F. The third kappa shape index (κ3) is 2.12. The van der Waals surface area contributed by atoms with E-state index >= 15 is 0 Å². The molecule has 120 valence electrons. The van der Waals surface area contributed by atoms with Crippen LogP contribution in [0.4, 0.5) is 35.1 Å². The van der Waals surface area contributed by atoms with Crippen molar-refractivity contribution in [1.29, 1.82) is 0 Å². The maximum Gasteiger partial charge on any atom is 0.195 e. The van der Waals surface area contributed by atoms with Crippen LogP contribution in [0.2, 0.25) is 0 Å². The van der Waals surface area contributed by atoms with Crippen molar-refractivity contribution in [3.63, 3.8) is 0 Å². The van der Waals surface area contributed by atoms with Gasteiger partial charge in [-0.3, -0.25) is 0 Å². The van der Waals surface area contributed by atoms with Gasteiger partial charge in [-0.25, -0.2) is 35.1 Å². The molecule has 1 aliphatic rings. The van der Waals surface area contributed by atoms with Gasteiger partial charge in [0.25, 0.3) is 0 Å². The van der Waals surface area contributed by atoms with E-state index in [0.29, 0.717) is 6.92 Å². The summed E-state index contributed by atoms with van der Waals surface area (Å²) in [4.78, 5) is 0. The summed E-state index contributed by atoms with van der Waals surface area (Å²) in [5.74, 6) is -16.1. The molecule has 0 amide bonds. The average molecular weight is 328 g/mol. The van der Waals surface area contributed by atoms with Crippen molar-refractivity contribution in [3.05, 3.63) is 57.4 Å². The summed E-state index contributed by atoms with van der Waals surface area (Å²) in [7, 11) is 0. The van der Waals surface area contributed by atoms with Gasteiger partial charge in [0.1, 0.15) is 11.6 Å². The predicted molar refractivity (Wildman–Crippen MR) is 61.7 cm³/mol. The van der Waals surface area contributed by atoms with Crippen molar-refractivity contribution in [3.8, 4) is 0 Å². The Morgan fingerprint density at radius 2 is 1.23 bits per heavy atom. The summed E-state index contributed by atoms with van der Waals surface area (Å²) in [5.41, 5.74) is -3.55. The summed E-state index contributed by atoms with van der Waals surface area (Å²) in [6.07, 6.45) is -3.10. The van der Waals surface area contributed by atoms with E-state index in [1.54, 1.807) is 0 Å². The van der Waals surface area contributed by atoms with Crippen LogP contribution in [0.5, 0.6) is 0 Å². The highest BCUT2D eigenvalue weighted by Crippen LogP contribution is 2.46. The van der Waals surface area contributed by atoms with Gasteiger partial charge < -0.3 is 0 Å². The lowest BCUT2D eigenvalue weighted by molar-refractivity contribution is 0.248. The van der Waals surface area contributed by atoms with E-state index in [0.717, 1.165) is 6.92 Å². The highest BCUT2D eigenvalue weighted by molar-refractivity contribution is 5.45. The van der Waals surface area contributed by atoms with Crippen LogP contribution in [0.1, 0.15) is 24.0 Å². The van der Waals surface area contributed by atoms with Gasteiger partial charge in [0.15, 0.2) is 35.3 Å². The zero-order valence-corrected chi connectivity index (χ0v) is 11.2. The van der Waals surface area contributed by atoms with Gasteiger partial charge in [-0.05, 0) is 13.8 Å². The predicted octanol–water partition coefficient (Wildman–Crippen LogP) is 5.38. The summed E-state index contributed by atoms with van der Waals surface area (Å²) in [6.45, 7) is 1.44. The number of benzene rings is 1. The van der Waals surface area contributed by atoms with Crippen LogP contribution in [0.15, 0.2) is 23.1 Å². The fourth-order valence-electron chi connectivity index (χ4n) is 2.23. The van der Waals surface area contributed by atoms with E-state index in [-0.39, 0.29) is 0 Å². The minimum absolute atomic E-state index is 0.716. The molecule has 0 nitrogen and oxygen atoms in total. The minimum Gasteiger partial charge on any atom is -0.238 e. The van der Waals surface area contributed by atoms with E-state index in [9.17, 15) is 35.1 Å². The van der Waals surface area contributed by atoms with Crippen molar-refractivity contribution in [2.24, 2.45) is 0 Å². The molecule has 22 heavy (non-hydrogen) atoms. The van der Waals surface area contributed by atoms with Crippen LogP contribution in [0.25, 0.3) is 0 Å². The lowest BCUT2D eigenvalue weighted by Gasteiger charge is -2.26. The highest BCUT2D eigenvalue weighted by atomic mass is 19.2. The minimum atomic E-state index is -3.10. The van der Waals surface area contributed by atoms with Crippen molar-refractivity contribution in [2.45, 2.75) is 25.9 Å². The molecule has 0 fully saturated rings. The van der Waals surface area contributed by atoms with Crippen LogP contribution in [-0.2, 0) is 0 Å². The van der Waals surface area contributed by atoms with Crippen LogP contribution in [0, 0.1) is 30.2 Å². The standard InChI is InChI=1S/C14H8F8/c1-3-7(15)5(11(19)13(21)9(3)17)6-8(16)4(2)10(18)14(22)12(6)20/h5,11H,1-2H3. The van der Waals surface area contributed by atoms with Gasteiger partial charge in [0.2, 0.25) is 0 Å². The highest BCUT2D eigenvalue weighted by Gasteiger charge is 2.43. The van der Waals surface area contributed by atoms with Gasteiger partial charge in [-0.2, -0.15) is 0 Å². The first kappa shape index (κ1) is 16.5. The van der Waals surface area contributed by atoms with Crippen molar-refractivity contribution < 1.29 is 35.1 Å². The first-order valence-electron chi connectivity index (χ1n) is 5.99. The quantitative estimate of drug-likeness (QED) is 0.369. The molecule has 2 rings (SSSR count). The van der Waals surface area contributed by atoms with Crippen molar-refractivity contribution in [1.82, 2.24) is 0 Å². The third-order valence-corrected chi connectivity index (χ3v) is 3.53. The molecule has 0 radical (unpaired) electrons. The second-order valence-electron chi connectivity index (χ2n) is 4.81. The molecule has 1 aromatic carbocycles. The van der Waals surface area contributed by atoms with E-state index in [4.69, 9.17) is 0 Å². The largest absolute Gasteiger partial charge is 0.238 e. The van der Waals surface area contributed by atoms with E-state index in [1.807, 2.05) is 0 Å². The lowest BCUT2D eigenvalue weighted by Crippen LogP contribution is -2.25. The second kappa shape index (κ2) is 5.40. The average Bonchev–Trinajstić information content (AvgIpc) is 2.50. The molecular formula is C14H8F8. The Balaban J connectivity index is 2.79. The normalized spacial score (nSPS) is 22.6. The molecule has 0 saturated heterocycles. The Morgan fingerprint density at radius 1 is 0.682 bits per heavy atom. The summed E-state index contributed by atoms with van der Waals surface area (Å²) >= 11 is 0. The zero-order chi connectivity index (χ0) is 16.9. The number of alkyl halides is 1. The Morgan fingerprint density at radius 3 is 1.77 bits per heavy atom. The lowest BCUT2D eigenvalue weighted by atomic mass is 9.84. The fourth-order valence-corrected chi connectivity index (χ4v) is 2.23. The number of allylic oxidation sites excluding steroid dienone is 4. The first-order valence-corrected chi connectivity index (χ1v) is 5.99. The molecule has 8 heteroatoms. The molecular weight excluding hydrogens is 320 g/mol. The van der Waals surface area contributed by atoms with E-state index in [1.165, 1.54) is 0 Å². The Hall–Kier alpha value is -1.86. The van der Waals surface area contributed by atoms with Crippen LogP contribution in [-0.4, -0.2) is 6.17 Å². The maximum absolute atomic E-state index is 14.0. The molecule has 0 bridgehead atoms. The molecule has 1 aliphatic carbocycles. The third-order valence-electron chi connectivity index (χ3n) is 3.53. The summed E-state index contributed by atoms with van der Waals surface area (Å²) < 4.78 is 109. The maximum atomic E-state index is 14.0. The fraction of sp³-hybridized carbons (Fsp3) is 0.286. The van der Waals surface area contributed by atoms with Crippen molar-refractivity contribution in [2.75, 3.05) is 0 Å². The number of hydrogen-bond acceptors (Lipinski definition) is 0. The molecule has 2 unspecified atom stereocenters. The Labute approximate surface area is 119 Å². The monoisotopic (exact) mass is 328 g/mol. The topological polar surface area (TPSA) is 0 Å². The summed E-state index contributed by atoms with van der Waals surface area (Å²) in [6, 6.07) is 0. The van der Waals surface area contributed by atoms with Crippen molar-refractivity contribution >= 4 is 0 Å². The molecule has 0 heterocycles. The molecule has 0 aromatic heterocycles. The van der Waals surface area contributed by atoms with Crippen LogP contribution < -0.4 is 0 Å². The second-order valence-corrected chi connectivity index (χ2v) is 4.81. The Bertz CT molecular complexity index is 687. The number of rotatable bonds is 1. The van der Waals surface area contributed by atoms with Gasteiger partial charge in [0.05, 0.1) is 5.92 Å². The molecule has 1 aromatic rings. The zero-order valence-electron chi connectivity index (χ0n) is 11.2. The van der Waals surface area contributed by atoms with Crippen LogP contribution in [0.3, 0.4) is 0 Å². The van der Waals surface area contributed by atoms with Crippen LogP contribution >= 0.6 is 0 Å². The first-order chi connectivity index (χ1) is 10.1. The Kier molecular flexibility index (Phi) is 4.06. The molecule has 0 saturated carbocycles. The smallest absolute Gasteiger partial charge is 0.195 e. The van der Waals surface area contributed by atoms with Gasteiger partial charge in [-0.1, -0.05) is 0 Å². The molecule has 0 spiro atoms. The van der Waals surface area contributed by atoms with Gasteiger partial charge in [-0.15, -0.1) is 0 Å². The molecule has 2 atom stereocenters. The summed E-state index contributed by atoms with van der Waals surface area (Å²) in [5, 5.41) is 0.